The highest BCUT2D eigenvalue weighted by atomic mass is 79.9. The summed E-state index contributed by atoms with van der Waals surface area (Å²) >= 11 is 3.29. The topological polar surface area (TPSA) is 4.36 Å². The van der Waals surface area contributed by atoms with E-state index in [0.717, 1.165) is 10.0 Å². The lowest BCUT2D eigenvalue weighted by molar-refractivity contribution is 0.625. The molecule has 0 unspecified atom stereocenters. The average molecular weight is 228 g/mol. The SMILES string of the molecule is [C-]#[N+]CCc1cc(F)ccc1Br. The van der Waals surface area contributed by atoms with Gasteiger partial charge < -0.3 is 4.85 Å². The molecule has 0 aliphatic rings. The van der Waals surface area contributed by atoms with Crippen molar-refractivity contribution in [2.75, 3.05) is 6.54 Å². The Labute approximate surface area is 79.2 Å². The van der Waals surface area contributed by atoms with E-state index in [2.05, 4.69) is 20.8 Å². The van der Waals surface area contributed by atoms with Crippen molar-refractivity contribution in [2.24, 2.45) is 0 Å². The molecule has 1 rings (SSSR count). The molecule has 62 valence electrons. The third kappa shape index (κ3) is 2.31. The second-order valence-electron chi connectivity index (χ2n) is 2.37. The highest BCUT2D eigenvalue weighted by Gasteiger charge is 2.02. The van der Waals surface area contributed by atoms with Gasteiger partial charge in [0.05, 0.1) is 0 Å². The highest BCUT2D eigenvalue weighted by Crippen LogP contribution is 2.18. The van der Waals surface area contributed by atoms with Crippen molar-refractivity contribution in [1.82, 2.24) is 0 Å². The fraction of sp³-hybridized carbons (Fsp3) is 0.222. The number of nitrogens with zero attached hydrogens (tertiary/aromatic N) is 1. The number of hydrogen-bond donors (Lipinski definition) is 0. The van der Waals surface area contributed by atoms with Crippen LogP contribution in [0, 0.1) is 12.4 Å². The zero-order valence-corrected chi connectivity index (χ0v) is 7.94. The van der Waals surface area contributed by atoms with Crippen molar-refractivity contribution in [2.45, 2.75) is 6.42 Å². The molecule has 0 aromatic heterocycles. The number of benzene rings is 1. The van der Waals surface area contributed by atoms with Crippen LogP contribution >= 0.6 is 15.9 Å². The zero-order chi connectivity index (χ0) is 8.97. The molecule has 0 bridgehead atoms. The summed E-state index contributed by atoms with van der Waals surface area (Å²) in [5, 5.41) is 0. The van der Waals surface area contributed by atoms with Crippen molar-refractivity contribution < 1.29 is 4.39 Å². The standard InChI is InChI=1S/C9H7BrFN/c1-12-5-4-7-6-8(11)2-3-9(7)10/h2-3,6H,4-5H2. The maximum atomic E-state index is 12.7. The molecule has 1 nitrogen and oxygen atoms in total. The van der Waals surface area contributed by atoms with E-state index in [1.165, 1.54) is 12.1 Å². The van der Waals surface area contributed by atoms with Gasteiger partial charge in [-0.25, -0.2) is 11.0 Å². The first kappa shape index (κ1) is 9.21. The molecule has 1 aromatic rings. The van der Waals surface area contributed by atoms with Gasteiger partial charge in [0.25, 0.3) is 0 Å². The van der Waals surface area contributed by atoms with Crippen LogP contribution in [-0.2, 0) is 6.42 Å². The molecule has 0 radical (unpaired) electrons. The first-order valence-electron chi connectivity index (χ1n) is 3.51. The predicted octanol–water partition coefficient (Wildman–Crippen LogP) is 3.05. The van der Waals surface area contributed by atoms with Crippen molar-refractivity contribution >= 4 is 15.9 Å². The van der Waals surface area contributed by atoms with Gasteiger partial charge in [0.2, 0.25) is 6.54 Å². The summed E-state index contributed by atoms with van der Waals surface area (Å²) < 4.78 is 13.5. The minimum absolute atomic E-state index is 0.252. The minimum Gasteiger partial charge on any atom is -0.317 e. The van der Waals surface area contributed by atoms with E-state index >= 15 is 0 Å². The highest BCUT2D eigenvalue weighted by molar-refractivity contribution is 9.10. The molecule has 0 aliphatic carbocycles. The first-order valence-corrected chi connectivity index (χ1v) is 4.30. The van der Waals surface area contributed by atoms with Crippen LogP contribution in [0.25, 0.3) is 4.85 Å². The summed E-state index contributed by atoms with van der Waals surface area (Å²) in [5.41, 5.74) is 0.853. The predicted molar refractivity (Wildman–Crippen MR) is 49.3 cm³/mol. The van der Waals surface area contributed by atoms with Gasteiger partial charge in [-0.2, -0.15) is 0 Å². The molecule has 1 aromatic carbocycles. The Balaban J connectivity index is 2.84. The smallest absolute Gasteiger partial charge is 0.218 e. The molecule has 0 fully saturated rings. The molecule has 0 amide bonds. The number of halogens is 2. The molecule has 3 heteroatoms. The van der Waals surface area contributed by atoms with Crippen LogP contribution in [0.5, 0.6) is 0 Å². The van der Waals surface area contributed by atoms with Crippen molar-refractivity contribution in [3.05, 3.63) is 45.5 Å². The van der Waals surface area contributed by atoms with Crippen molar-refractivity contribution in [3.8, 4) is 0 Å². The number of rotatable bonds is 2. The lowest BCUT2D eigenvalue weighted by Crippen LogP contribution is -1.90. The quantitative estimate of drug-likeness (QED) is 0.685. The average Bonchev–Trinajstić information content (AvgIpc) is 2.07. The van der Waals surface area contributed by atoms with E-state index in [-0.39, 0.29) is 5.82 Å². The fourth-order valence-electron chi connectivity index (χ4n) is 0.911. The first-order chi connectivity index (χ1) is 5.74. The third-order valence-corrected chi connectivity index (χ3v) is 2.27. The van der Waals surface area contributed by atoms with Gasteiger partial charge in [-0.1, -0.05) is 15.9 Å². The minimum atomic E-state index is -0.252. The van der Waals surface area contributed by atoms with Gasteiger partial charge in [-0.3, -0.25) is 0 Å². The van der Waals surface area contributed by atoms with E-state index in [0.29, 0.717) is 13.0 Å². The Morgan fingerprint density at radius 1 is 1.50 bits per heavy atom. The second-order valence-corrected chi connectivity index (χ2v) is 3.22. The Morgan fingerprint density at radius 3 is 2.92 bits per heavy atom. The maximum Gasteiger partial charge on any atom is 0.218 e. The summed E-state index contributed by atoms with van der Waals surface area (Å²) in [6.07, 6.45) is 0.599. The molecule has 0 atom stereocenters. The van der Waals surface area contributed by atoms with Gasteiger partial charge in [0.1, 0.15) is 5.82 Å². The Kier molecular flexibility index (Phi) is 3.24. The fourth-order valence-corrected chi connectivity index (χ4v) is 1.36. The van der Waals surface area contributed by atoms with Crippen LogP contribution in [0.3, 0.4) is 0 Å². The molecular weight excluding hydrogens is 221 g/mol. The molecule has 0 saturated heterocycles. The number of hydrogen-bond acceptors (Lipinski definition) is 0. The van der Waals surface area contributed by atoms with E-state index in [1.54, 1.807) is 6.07 Å². The molecule has 12 heavy (non-hydrogen) atoms. The lowest BCUT2D eigenvalue weighted by Gasteiger charge is -1.99. The van der Waals surface area contributed by atoms with Gasteiger partial charge >= 0.3 is 0 Å². The van der Waals surface area contributed by atoms with Crippen LogP contribution in [0.2, 0.25) is 0 Å². The Hall–Kier alpha value is -0.880. The van der Waals surface area contributed by atoms with E-state index in [9.17, 15) is 4.39 Å². The Morgan fingerprint density at radius 2 is 2.25 bits per heavy atom. The van der Waals surface area contributed by atoms with E-state index < -0.39 is 0 Å². The van der Waals surface area contributed by atoms with Crippen LogP contribution in [0.15, 0.2) is 22.7 Å². The van der Waals surface area contributed by atoms with E-state index in [4.69, 9.17) is 6.57 Å². The molecule has 0 spiro atoms. The largest absolute Gasteiger partial charge is 0.317 e. The van der Waals surface area contributed by atoms with Gasteiger partial charge in [0.15, 0.2) is 0 Å². The summed E-state index contributed by atoms with van der Waals surface area (Å²) in [7, 11) is 0. The van der Waals surface area contributed by atoms with Crippen LogP contribution in [0.1, 0.15) is 5.56 Å². The molecule has 0 aliphatic heterocycles. The second kappa shape index (κ2) is 4.22. The molecule has 0 N–H and O–H groups in total. The van der Waals surface area contributed by atoms with Gasteiger partial charge in [-0.15, -0.1) is 0 Å². The summed E-state index contributed by atoms with van der Waals surface area (Å²) in [4.78, 5) is 3.21. The third-order valence-electron chi connectivity index (χ3n) is 1.50. The lowest BCUT2D eigenvalue weighted by atomic mass is 10.1. The summed E-state index contributed by atoms with van der Waals surface area (Å²) in [6.45, 7) is 7.00. The van der Waals surface area contributed by atoms with Crippen LogP contribution < -0.4 is 0 Å². The normalized spacial score (nSPS) is 9.42. The maximum absolute atomic E-state index is 12.7. The molecule has 0 heterocycles. The van der Waals surface area contributed by atoms with Crippen LogP contribution in [0.4, 0.5) is 4.39 Å². The van der Waals surface area contributed by atoms with Crippen molar-refractivity contribution in [1.29, 1.82) is 0 Å². The summed E-state index contributed by atoms with van der Waals surface area (Å²) in [6, 6.07) is 4.51. The molecule has 0 saturated carbocycles. The van der Waals surface area contributed by atoms with Crippen molar-refractivity contribution in [3.63, 3.8) is 0 Å². The molecular formula is C9H7BrFN. The summed E-state index contributed by atoms with van der Waals surface area (Å²) in [5.74, 6) is -0.252. The van der Waals surface area contributed by atoms with Gasteiger partial charge in [0, 0.05) is 10.9 Å². The zero-order valence-electron chi connectivity index (χ0n) is 6.35. The van der Waals surface area contributed by atoms with E-state index in [1.807, 2.05) is 0 Å². The Bertz CT molecular complexity index is 317. The van der Waals surface area contributed by atoms with Crippen LogP contribution in [-0.4, -0.2) is 6.54 Å². The monoisotopic (exact) mass is 227 g/mol. The van der Waals surface area contributed by atoms with Gasteiger partial charge in [-0.05, 0) is 23.8 Å².